The van der Waals surface area contributed by atoms with Crippen molar-refractivity contribution in [3.63, 3.8) is 0 Å². The fourth-order valence-electron chi connectivity index (χ4n) is 2.58. The molecular weight excluding hydrogens is 394 g/mol. The normalized spacial score (nSPS) is 13.0. The van der Waals surface area contributed by atoms with Gasteiger partial charge in [-0.25, -0.2) is 15.0 Å². The van der Waals surface area contributed by atoms with E-state index >= 15 is 0 Å². The molecule has 0 fully saturated rings. The molecule has 1 aromatic heterocycles. The second kappa shape index (κ2) is 8.85. The van der Waals surface area contributed by atoms with Crippen LogP contribution in [0.25, 0.3) is 0 Å². The van der Waals surface area contributed by atoms with Gasteiger partial charge in [-0.1, -0.05) is 13.8 Å². The number of nitrogens with zero attached hydrogens (tertiary/aromatic N) is 1. The van der Waals surface area contributed by atoms with Crippen molar-refractivity contribution in [2.45, 2.75) is 79.6 Å². The first kappa shape index (κ1) is 25.1. The second-order valence-electron chi connectivity index (χ2n) is 9.33. The van der Waals surface area contributed by atoms with Crippen molar-refractivity contribution in [3.8, 4) is 11.8 Å². The van der Waals surface area contributed by atoms with Gasteiger partial charge in [0.15, 0.2) is 5.78 Å². The van der Waals surface area contributed by atoms with Crippen molar-refractivity contribution >= 4 is 18.0 Å². The fraction of sp³-hybridized carbons (Fsp3) is 0.650. The van der Waals surface area contributed by atoms with Crippen LogP contribution in [0.15, 0.2) is 0 Å². The molecule has 0 aromatic carbocycles. The van der Waals surface area contributed by atoms with Crippen LogP contribution in [0.1, 0.15) is 71.3 Å². The maximum Gasteiger partial charge on any atom is 0.427 e. The van der Waals surface area contributed by atoms with Gasteiger partial charge in [0.25, 0.3) is 0 Å². The first-order chi connectivity index (χ1) is 13.4. The number of hydrogen-bond acceptors (Lipinski definition) is 7. The molecule has 4 N–H and O–H groups in total. The van der Waals surface area contributed by atoms with E-state index in [0.29, 0.717) is 4.68 Å². The molecule has 2 amide bonds. The van der Waals surface area contributed by atoms with E-state index in [1.165, 1.54) is 6.92 Å². The Kier molecular flexibility index (Phi) is 7.41. The molecule has 170 valence electrons. The molecular formula is C20H33N3O7. The van der Waals surface area contributed by atoms with E-state index < -0.39 is 47.0 Å². The summed E-state index contributed by atoms with van der Waals surface area (Å²) in [6.45, 7) is 14.8. The summed E-state index contributed by atoms with van der Waals surface area (Å²) in [5.74, 6) is -2.22. The Labute approximate surface area is 176 Å². The molecule has 0 saturated heterocycles. The molecule has 1 aromatic rings. The van der Waals surface area contributed by atoms with Gasteiger partial charge in [0.2, 0.25) is 11.8 Å². The molecule has 0 aliphatic heterocycles. The van der Waals surface area contributed by atoms with Gasteiger partial charge in [-0.05, 0) is 54.4 Å². The first-order valence-corrected chi connectivity index (χ1v) is 9.61. The molecule has 0 bridgehead atoms. The quantitative estimate of drug-likeness (QED) is 0.528. The number of rotatable bonds is 5. The smallest absolute Gasteiger partial charge is 0.427 e. The van der Waals surface area contributed by atoms with Crippen LogP contribution in [0.4, 0.5) is 9.59 Å². The lowest BCUT2D eigenvalue weighted by atomic mass is 9.94. The molecule has 0 spiro atoms. The van der Waals surface area contributed by atoms with E-state index in [9.17, 15) is 24.6 Å². The number of ketones is 1. The maximum atomic E-state index is 13.1. The summed E-state index contributed by atoms with van der Waals surface area (Å²) < 4.78 is 10.9. The third-order valence-corrected chi connectivity index (χ3v) is 3.83. The minimum absolute atomic E-state index is 0.0326. The zero-order valence-electron chi connectivity index (χ0n) is 19.0. The predicted octanol–water partition coefficient (Wildman–Crippen LogP) is 3.42. The zero-order valence-corrected chi connectivity index (χ0v) is 19.0. The maximum absolute atomic E-state index is 13.1. The number of alkyl carbamates (subject to hydrolysis) is 1. The van der Waals surface area contributed by atoms with Gasteiger partial charge in [-0.3, -0.25) is 4.79 Å². The van der Waals surface area contributed by atoms with Gasteiger partial charge < -0.3 is 25.0 Å². The lowest BCUT2D eigenvalue weighted by molar-refractivity contribution is 0.0475. The summed E-state index contributed by atoms with van der Waals surface area (Å²) >= 11 is 0. The van der Waals surface area contributed by atoms with Crippen molar-refractivity contribution in [2.75, 3.05) is 5.43 Å². The highest BCUT2D eigenvalue weighted by Gasteiger charge is 2.34. The topological polar surface area (TPSA) is 139 Å². The highest BCUT2D eigenvalue weighted by atomic mass is 16.6. The van der Waals surface area contributed by atoms with Gasteiger partial charge in [0, 0.05) is 5.56 Å². The Morgan fingerprint density at radius 2 is 1.37 bits per heavy atom. The summed E-state index contributed by atoms with van der Waals surface area (Å²) in [5, 5.41) is 23.3. The van der Waals surface area contributed by atoms with Crippen molar-refractivity contribution in [1.29, 1.82) is 0 Å². The molecule has 30 heavy (non-hydrogen) atoms. The van der Waals surface area contributed by atoms with Crippen molar-refractivity contribution in [1.82, 2.24) is 9.99 Å². The Morgan fingerprint density at radius 1 is 0.900 bits per heavy atom. The summed E-state index contributed by atoms with van der Waals surface area (Å²) in [7, 11) is 0. The van der Waals surface area contributed by atoms with Crippen LogP contribution < -0.4 is 10.7 Å². The van der Waals surface area contributed by atoms with Gasteiger partial charge in [-0.15, -0.1) is 0 Å². The molecule has 1 rings (SSSR count). The van der Waals surface area contributed by atoms with Gasteiger partial charge in [-0.2, -0.15) is 4.68 Å². The van der Waals surface area contributed by atoms with Crippen LogP contribution in [0.3, 0.4) is 0 Å². The van der Waals surface area contributed by atoms with E-state index in [-0.39, 0.29) is 17.0 Å². The number of nitrogens with one attached hydrogen (secondary N) is 2. The Bertz CT molecular complexity index is 814. The molecule has 0 saturated carbocycles. The highest BCUT2D eigenvalue weighted by molar-refractivity contribution is 6.05. The average molecular weight is 427 g/mol. The molecule has 0 unspecified atom stereocenters. The van der Waals surface area contributed by atoms with Crippen LogP contribution in [-0.2, 0) is 9.47 Å². The van der Waals surface area contributed by atoms with Crippen molar-refractivity contribution in [3.05, 3.63) is 11.1 Å². The van der Waals surface area contributed by atoms with Gasteiger partial charge in [0.05, 0.1) is 11.6 Å². The largest absolute Gasteiger partial charge is 0.493 e. The van der Waals surface area contributed by atoms with Crippen LogP contribution in [0.5, 0.6) is 11.8 Å². The Balaban J connectivity index is 3.21. The van der Waals surface area contributed by atoms with Crippen LogP contribution in [0.2, 0.25) is 0 Å². The van der Waals surface area contributed by atoms with Gasteiger partial charge >= 0.3 is 12.2 Å². The number of aromatic hydroxyl groups is 2. The first-order valence-electron chi connectivity index (χ1n) is 9.61. The summed E-state index contributed by atoms with van der Waals surface area (Å²) in [6, 6.07) is -1.04. The summed E-state index contributed by atoms with van der Waals surface area (Å²) in [4.78, 5) is 37.3. The molecule has 10 nitrogen and oxygen atoms in total. The number of Topliss-reactive ketones (excluding diaryl/α,β-unsaturated/α-hetero) is 1. The van der Waals surface area contributed by atoms with Crippen LogP contribution in [0, 0.1) is 12.8 Å². The Morgan fingerprint density at radius 3 is 1.80 bits per heavy atom. The third-order valence-electron chi connectivity index (χ3n) is 3.83. The fourth-order valence-corrected chi connectivity index (χ4v) is 2.58. The van der Waals surface area contributed by atoms with Crippen molar-refractivity contribution < 1.29 is 34.1 Å². The average Bonchev–Trinajstić information content (AvgIpc) is 2.72. The minimum atomic E-state index is -1.04. The number of carbonyl (C=O) groups excluding carboxylic acids is 3. The molecule has 1 atom stereocenters. The lowest BCUT2D eigenvalue weighted by Gasteiger charge is -2.25. The number of carbonyl (C=O) groups is 3. The van der Waals surface area contributed by atoms with E-state index in [0.717, 1.165) is 0 Å². The van der Waals surface area contributed by atoms with Crippen LogP contribution >= 0.6 is 0 Å². The number of aromatic nitrogens is 1. The second-order valence-corrected chi connectivity index (χ2v) is 9.33. The number of amides is 2. The molecule has 0 aliphatic carbocycles. The summed E-state index contributed by atoms with van der Waals surface area (Å²) in [6.07, 6.45) is -1.73. The predicted molar refractivity (Wildman–Crippen MR) is 110 cm³/mol. The lowest BCUT2D eigenvalue weighted by Crippen LogP contribution is -2.46. The standard InChI is InChI=1S/C20H33N3O7/c1-10(2)13(21-17(27)29-19(4,5)6)14(24)12-11(3)15(25)23(16(12)26)22-18(28)30-20(7,8)9/h10,13,25-26H,1-9H3,(H,21,27)(H,22,28)/t13-/m0/s1. The molecule has 10 heteroatoms. The highest BCUT2D eigenvalue weighted by Crippen LogP contribution is 2.33. The van der Waals surface area contributed by atoms with E-state index in [1.807, 2.05) is 0 Å². The Hall–Kier alpha value is -2.91. The molecule has 1 heterocycles. The molecule has 0 radical (unpaired) electrons. The number of ether oxygens (including phenoxy) is 2. The monoisotopic (exact) mass is 427 g/mol. The van der Waals surface area contributed by atoms with Gasteiger partial charge in [0.1, 0.15) is 11.2 Å². The third kappa shape index (κ3) is 6.57. The molecule has 0 aliphatic rings. The SMILES string of the molecule is Cc1c(C(=O)[C@@H](NC(=O)OC(C)(C)C)C(C)C)c(O)n(NC(=O)OC(C)(C)C)c1O. The zero-order chi connectivity index (χ0) is 23.6. The van der Waals surface area contributed by atoms with E-state index in [1.54, 1.807) is 55.4 Å². The van der Waals surface area contributed by atoms with E-state index in [4.69, 9.17) is 9.47 Å². The van der Waals surface area contributed by atoms with Crippen LogP contribution in [-0.4, -0.2) is 50.1 Å². The number of hydrogen-bond donors (Lipinski definition) is 4. The van der Waals surface area contributed by atoms with E-state index in [2.05, 4.69) is 10.7 Å². The minimum Gasteiger partial charge on any atom is -0.493 e. The van der Waals surface area contributed by atoms with Crippen molar-refractivity contribution in [2.24, 2.45) is 5.92 Å². The summed E-state index contributed by atoms with van der Waals surface area (Å²) in [5.41, 5.74) is 0.410.